The molecule has 1 aromatic carbocycles. The van der Waals surface area contributed by atoms with Gasteiger partial charge in [-0.15, -0.1) is 11.3 Å². The van der Waals surface area contributed by atoms with Crippen LogP contribution in [0.25, 0.3) is 10.1 Å². The number of nitrogens with two attached hydrogens (primary N) is 1. The van der Waals surface area contributed by atoms with Crippen molar-refractivity contribution in [3.8, 4) is 5.75 Å². The van der Waals surface area contributed by atoms with Crippen LogP contribution in [0.1, 0.15) is 39.8 Å². The predicted molar refractivity (Wildman–Crippen MR) is 117 cm³/mol. The van der Waals surface area contributed by atoms with Gasteiger partial charge in [-0.25, -0.2) is 4.99 Å². The van der Waals surface area contributed by atoms with E-state index in [0.29, 0.717) is 10.6 Å². The molecule has 1 atom stereocenters. The predicted octanol–water partition coefficient (Wildman–Crippen LogP) is 3.13. The van der Waals surface area contributed by atoms with Gasteiger partial charge in [0.25, 0.3) is 0 Å². The number of nitrogens with zero attached hydrogens (tertiary/aromatic N) is 3. The Hall–Kier alpha value is -3.26. The molecule has 30 heavy (non-hydrogen) atoms. The van der Waals surface area contributed by atoms with E-state index in [2.05, 4.69) is 9.98 Å². The molecule has 0 saturated carbocycles. The lowest BCUT2D eigenvalue weighted by atomic mass is 9.90. The smallest absolute Gasteiger partial charge is 0.231 e. The van der Waals surface area contributed by atoms with Crippen molar-refractivity contribution in [3.05, 3.63) is 58.2 Å². The number of rotatable bonds is 4. The second-order valence-corrected chi connectivity index (χ2v) is 8.81. The van der Waals surface area contributed by atoms with Crippen molar-refractivity contribution in [2.75, 3.05) is 7.05 Å². The van der Waals surface area contributed by atoms with E-state index in [-0.39, 0.29) is 36.2 Å². The van der Waals surface area contributed by atoms with Crippen LogP contribution in [0.4, 0.5) is 0 Å². The molecule has 8 heteroatoms. The first-order chi connectivity index (χ1) is 14.2. The normalized spacial score (nSPS) is 19.2. The molecule has 1 amide bonds. The molecule has 0 radical (unpaired) electrons. The molecule has 0 bridgehead atoms. The lowest BCUT2D eigenvalue weighted by molar-refractivity contribution is -0.128. The third-order valence-electron chi connectivity index (χ3n) is 5.49. The summed E-state index contributed by atoms with van der Waals surface area (Å²) in [6, 6.07) is 8.75. The summed E-state index contributed by atoms with van der Waals surface area (Å²) in [5, 5.41) is 10.6. The maximum absolute atomic E-state index is 13.0. The van der Waals surface area contributed by atoms with Crippen molar-refractivity contribution >= 4 is 39.1 Å². The summed E-state index contributed by atoms with van der Waals surface area (Å²) >= 11 is 1.43. The van der Waals surface area contributed by atoms with E-state index in [0.717, 1.165) is 21.2 Å². The van der Waals surface area contributed by atoms with E-state index in [4.69, 9.17) is 5.73 Å². The number of carbonyl (C=O) groups is 2. The van der Waals surface area contributed by atoms with Gasteiger partial charge in [0.2, 0.25) is 5.91 Å². The maximum atomic E-state index is 13.0. The summed E-state index contributed by atoms with van der Waals surface area (Å²) in [5.74, 6) is 0.207. The zero-order chi connectivity index (χ0) is 21.6. The van der Waals surface area contributed by atoms with Crippen molar-refractivity contribution in [1.29, 1.82) is 0 Å². The minimum Gasteiger partial charge on any atom is -0.508 e. The van der Waals surface area contributed by atoms with Crippen LogP contribution in [-0.2, 0) is 16.8 Å². The van der Waals surface area contributed by atoms with Gasteiger partial charge in [0.15, 0.2) is 11.7 Å². The molecule has 4 rings (SSSR count). The van der Waals surface area contributed by atoms with Crippen molar-refractivity contribution in [1.82, 2.24) is 9.88 Å². The van der Waals surface area contributed by atoms with E-state index in [1.807, 2.05) is 26.0 Å². The quantitative estimate of drug-likeness (QED) is 0.628. The summed E-state index contributed by atoms with van der Waals surface area (Å²) in [5.41, 5.74) is 7.31. The number of pyridine rings is 1. The van der Waals surface area contributed by atoms with Crippen LogP contribution in [-0.4, -0.2) is 39.7 Å². The highest BCUT2D eigenvalue weighted by Crippen LogP contribution is 2.35. The number of fused-ring (bicyclic) bond motifs is 1. The van der Waals surface area contributed by atoms with Crippen molar-refractivity contribution in [2.24, 2.45) is 10.7 Å². The lowest BCUT2D eigenvalue weighted by Gasteiger charge is -2.32. The fraction of sp³-hybridized carbons (Fsp3) is 0.273. The molecule has 3 N–H and O–H groups in total. The maximum Gasteiger partial charge on any atom is 0.231 e. The van der Waals surface area contributed by atoms with Crippen LogP contribution < -0.4 is 5.73 Å². The Morgan fingerprint density at radius 1 is 1.33 bits per heavy atom. The van der Waals surface area contributed by atoms with Gasteiger partial charge >= 0.3 is 0 Å². The van der Waals surface area contributed by atoms with E-state index in [1.165, 1.54) is 16.2 Å². The fourth-order valence-electron chi connectivity index (χ4n) is 3.68. The summed E-state index contributed by atoms with van der Waals surface area (Å²) in [4.78, 5) is 36.2. The summed E-state index contributed by atoms with van der Waals surface area (Å²) in [6.07, 6.45) is 2.00. The highest BCUT2D eigenvalue weighted by Gasteiger charge is 2.37. The van der Waals surface area contributed by atoms with Crippen LogP contribution in [0.2, 0.25) is 0 Å². The number of hydrogen-bond donors (Lipinski definition) is 2. The molecular weight excluding hydrogens is 400 g/mol. The van der Waals surface area contributed by atoms with Crippen LogP contribution >= 0.6 is 11.3 Å². The number of carbonyl (C=O) groups excluding carboxylic acids is 2. The number of thiophene rings is 1. The zero-order valence-corrected chi connectivity index (χ0v) is 17.8. The van der Waals surface area contributed by atoms with E-state index < -0.39 is 5.54 Å². The number of aromatic nitrogens is 1. The second kappa shape index (κ2) is 7.21. The summed E-state index contributed by atoms with van der Waals surface area (Å²) < 4.78 is 0.964. The van der Waals surface area contributed by atoms with Gasteiger partial charge in [0.1, 0.15) is 11.3 Å². The molecule has 3 heterocycles. The minimum atomic E-state index is -0.863. The number of Topliss-reactive ketones (excluding diaryl/α,β-unsaturated/α-hetero) is 1. The Morgan fingerprint density at radius 2 is 2.10 bits per heavy atom. The van der Waals surface area contributed by atoms with Gasteiger partial charge in [-0.05, 0) is 60.7 Å². The van der Waals surface area contributed by atoms with Crippen LogP contribution in [0.15, 0.2) is 41.5 Å². The largest absolute Gasteiger partial charge is 0.508 e. The van der Waals surface area contributed by atoms with Crippen molar-refractivity contribution in [3.63, 3.8) is 0 Å². The molecule has 1 aliphatic heterocycles. The van der Waals surface area contributed by atoms with Gasteiger partial charge in [-0.2, -0.15) is 0 Å². The average Bonchev–Trinajstić information content (AvgIpc) is 3.02. The molecule has 0 fully saturated rings. The third kappa shape index (κ3) is 3.43. The number of phenols is 1. The molecule has 0 saturated heterocycles. The number of aliphatic imine (C=N–C) groups is 1. The number of guanidine groups is 1. The Balaban J connectivity index is 1.63. The topological polar surface area (TPSA) is 109 Å². The number of benzene rings is 1. The Labute approximate surface area is 177 Å². The Morgan fingerprint density at radius 3 is 2.83 bits per heavy atom. The van der Waals surface area contributed by atoms with Crippen LogP contribution in [0, 0.1) is 6.92 Å². The van der Waals surface area contributed by atoms with E-state index in [9.17, 15) is 14.7 Å². The van der Waals surface area contributed by atoms with E-state index in [1.54, 1.807) is 31.4 Å². The lowest BCUT2D eigenvalue weighted by Crippen LogP contribution is -2.47. The number of aromatic hydroxyl groups is 1. The highest BCUT2D eigenvalue weighted by molar-refractivity contribution is 7.21. The standard InChI is InChI=1S/C22H22N4O3S/c1-12-15-10-14(27)4-5-17(15)30-20(12)16(28)8-13-6-7-24-18(9-13)22(2)11-19(29)26(3)21(23)25-22/h4-7,9-10,27H,8,11H2,1-3H3,(H2,23,25). The average molecular weight is 423 g/mol. The second-order valence-electron chi connectivity index (χ2n) is 7.76. The Bertz CT molecular complexity index is 1220. The van der Waals surface area contributed by atoms with Gasteiger partial charge in [0.05, 0.1) is 17.0 Å². The third-order valence-corrected chi connectivity index (χ3v) is 6.80. The number of hydrogen-bond acceptors (Lipinski definition) is 7. The van der Waals surface area contributed by atoms with Crippen molar-refractivity contribution in [2.45, 2.75) is 32.2 Å². The fourth-order valence-corrected chi connectivity index (χ4v) is 4.80. The van der Waals surface area contributed by atoms with Crippen molar-refractivity contribution < 1.29 is 14.7 Å². The van der Waals surface area contributed by atoms with Crippen LogP contribution in [0.3, 0.4) is 0 Å². The number of aryl methyl sites for hydroxylation is 1. The van der Waals surface area contributed by atoms with E-state index >= 15 is 0 Å². The van der Waals surface area contributed by atoms with Gasteiger partial charge < -0.3 is 10.8 Å². The van der Waals surface area contributed by atoms with Gasteiger partial charge in [0, 0.05) is 24.4 Å². The summed E-state index contributed by atoms with van der Waals surface area (Å²) in [6.45, 7) is 3.72. The number of amides is 1. The number of ketones is 1. The summed E-state index contributed by atoms with van der Waals surface area (Å²) in [7, 11) is 1.59. The first-order valence-electron chi connectivity index (χ1n) is 9.50. The van der Waals surface area contributed by atoms with Gasteiger partial charge in [-0.3, -0.25) is 19.5 Å². The zero-order valence-electron chi connectivity index (χ0n) is 17.0. The molecule has 3 aromatic rings. The van der Waals surface area contributed by atoms with Gasteiger partial charge in [-0.1, -0.05) is 0 Å². The monoisotopic (exact) mass is 422 g/mol. The molecule has 2 aromatic heterocycles. The number of phenolic OH excluding ortho intramolecular Hbond substituents is 1. The minimum absolute atomic E-state index is 0.00189. The van der Waals surface area contributed by atoms with Crippen LogP contribution in [0.5, 0.6) is 5.75 Å². The molecule has 1 aliphatic rings. The molecule has 0 aliphatic carbocycles. The Kier molecular flexibility index (Phi) is 4.82. The molecular formula is C22H22N4O3S. The highest BCUT2D eigenvalue weighted by atomic mass is 32.1. The molecule has 1 unspecified atom stereocenters. The molecule has 154 valence electrons. The SMILES string of the molecule is Cc1c(C(=O)Cc2ccnc(C3(C)CC(=O)N(C)C(N)=N3)c2)sc2ccc(O)cc12. The molecule has 0 spiro atoms. The molecule has 7 nitrogen and oxygen atoms in total. The first-order valence-corrected chi connectivity index (χ1v) is 10.3. The first kappa shape index (κ1) is 20.0.